The summed E-state index contributed by atoms with van der Waals surface area (Å²) in [6, 6.07) is 10.2. The number of nitrogens with one attached hydrogen (secondary N) is 2. The van der Waals surface area contributed by atoms with E-state index in [4.69, 9.17) is 0 Å². The first-order valence-electron chi connectivity index (χ1n) is 10.5. The zero-order valence-electron chi connectivity index (χ0n) is 18.0. The lowest BCUT2D eigenvalue weighted by atomic mass is 10.2. The molecule has 9 heteroatoms. The Morgan fingerprint density at radius 1 is 1.10 bits per heavy atom. The summed E-state index contributed by atoms with van der Waals surface area (Å²) in [7, 11) is 0. The van der Waals surface area contributed by atoms with Crippen molar-refractivity contribution < 1.29 is 14.4 Å². The molecule has 2 heterocycles. The predicted molar refractivity (Wildman–Crippen MR) is 122 cm³/mol. The number of benzene rings is 1. The van der Waals surface area contributed by atoms with Crippen molar-refractivity contribution in [1.82, 2.24) is 15.2 Å². The van der Waals surface area contributed by atoms with Crippen molar-refractivity contribution >= 4 is 39.9 Å². The molecule has 0 bridgehead atoms. The van der Waals surface area contributed by atoms with E-state index in [0.29, 0.717) is 30.5 Å². The van der Waals surface area contributed by atoms with Gasteiger partial charge in [-0.25, -0.2) is 4.98 Å². The molecule has 0 atom stereocenters. The van der Waals surface area contributed by atoms with Gasteiger partial charge in [0, 0.05) is 56.1 Å². The minimum Gasteiger partial charge on any atom is -0.368 e. The lowest BCUT2D eigenvalue weighted by Crippen LogP contribution is -2.49. The van der Waals surface area contributed by atoms with Gasteiger partial charge in [-0.15, -0.1) is 11.3 Å². The predicted octanol–water partition coefficient (Wildman–Crippen LogP) is 2.14. The van der Waals surface area contributed by atoms with Crippen LogP contribution in [0.15, 0.2) is 35.7 Å². The van der Waals surface area contributed by atoms with Crippen molar-refractivity contribution in [3.05, 3.63) is 41.4 Å². The number of carbonyl (C=O) groups excluding carboxylic acids is 3. The molecule has 3 rings (SSSR count). The summed E-state index contributed by atoms with van der Waals surface area (Å²) in [5.41, 5.74) is 1.78. The average Bonchev–Trinajstić information content (AvgIpc) is 3.20. The van der Waals surface area contributed by atoms with Crippen LogP contribution in [0.25, 0.3) is 0 Å². The van der Waals surface area contributed by atoms with E-state index in [-0.39, 0.29) is 36.5 Å². The van der Waals surface area contributed by atoms with Crippen LogP contribution in [-0.4, -0.2) is 60.3 Å². The van der Waals surface area contributed by atoms with Gasteiger partial charge in [0.15, 0.2) is 5.13 Å². The Morgan fingerprint density at radius 3 is 2.48 bits per heavy atom. The summed E-state index contributed by atoms with van der Waals surface area (Å²) in [6.07, 6.45) is 0.405. The summed E-state index contributed by atoms with van der Waals surface area (Å²) in [5, 5.41) is 7.76. The Bertz CT molecular complexity index is 892. The third-order valence-electron chi connectivity index (χ3n) is 5.06. The molecule has 1 aliphatic heterocycles. The molecule has 0 radical (unpaired) electrons. The van der Waals surface area contributed by atoms with Crippen LogP contribution in [0.3, 0.4) is 0 Å². The number of piperazine rings is 1. The van der Waals surface area contributed by atoms with Gasteiger partial charge in [0.1, 0.15) is 0 Å². The topological polar surface area (TPSA) is 94.6 Å². The summed E-state index contributed by atoms with van der Waals surface area (Å²) < 4.78 is 0. The number of rotatable bonds is 8. The number of para-hydroxylation sites is 1. The molecule has 0 aliphatic carbocycles. The molecule has 2 aromatic rings. The summed E-state index contributed by atoms with van der Waals surface area (Å²) >= 11 is 1.30. The fourth-order valence-electron chi connectivity index (χ4n) is 3.24. The third kappa shape index (κ3) is 6.78. The van der Waals surface area contributed by atoms with Gasteiger partial charge in [0.2, 0.25) is 17.7 Å². The van der Waals surface area contributed by atoms with E-state index in [9.17, 15) is 14.4 Å². The Labute approximate surface area is 186 Å². The van der Waals surface area contributed by atoms with Crippen LogP contribution in [0.5, 0.6) is 0 Å². The lowest BCUT2D eigenvalue weighted by Gasteiger charge is -2.36. The van der Waals surface area contributed by atoms with E-state index in [1.54, 1.807) is 5.38 Å². The molecule has 3 amide bonds. The highest BCUT2D eigenvalue weighted by Crippen LogP contribution is 2.17. The van der Waals surface area contributed by atoms with Crippen molar-refractivity contribution in [3.63, 3.8) is 0 Å². The van der Waals surface area contributed by atoms with Gasteiger partial charge < -0.3 is 20.4 Å². The highest BCUT2D eigenvalue weighted by atomic mass is 32.1. The first kappa shape index (κ1) is 22.7. The number of aromatic nitrogens is 1. The van der Waals surface area contributed by atoms with E-state index in [2.05, 4.69) is 32.7 Å². The minimum absolute atomic E-state index is 0.0559. The van der Waals surface area contributed by atoms with E-state index >= 15 is 0 Å². The van der Waals surface area contributed by atoms with Gasteiger partial charge in [-0.05, 0) is 12.1 Å². The molecule has 2 N–H and O–H groups in total. The maximum atomic E-state index is 12.4. The van der Waals surface area contributed by atoms with Crippen LogP contribution in [0.4, 0.5) is 10.8 Å². The minimum atomic E-state index is -0.186. The first-order chi connectivity index (χ1) is 14.9. The van der Waals surface area contributed by atoms with Crippen LogP contribution in [0.2, 0.25) is 0 Å². The highest BCUT2D eigenvalue weighted by molar-refractivity contribution is 7.13. The van der Waals surface area contributed by atoms with Crippen molar-refractivity contribution in [2.45, 2.75) is 26.7 Å². The van der Waals surface area contributed by atoms with Gasteiger partial charge in [0.05, 0.1) is 12.1 Å². The van der Waals surface area contributed by atoms with Crippen molar-refractivity contribution in [2.75, 3.05) is 42.9 Å². The van der Waals surface area contributed by atoms with Crippen LogP contribution >= 0.6 is 11.3 Å². The molecule has 0 spiro atoms. The summed E-state index contributed by atoms with van der Waals surface area (Å²) in [4.78, 5) is 44.7. The number of nitrogens with zero attached hydrogens (tertiary/aromatic N) is 3. The molecular weight excluding hydrogens is 414 g/mol. The smallest absolute Gasteiger partial charge is 0.228 e. The van der Waals surface area contributed by atoms with Crippen LogP contribution in [0.1, 0.15) is 26.0 Å². The molecule has 31 heavy (non-hydrogen) atoms. The lowest BCUT2D eigenvalue weighted by molar-refractivity contribution is -0.131. The van der Waals surface area contributed by atoms with Crippen molar-refractivity contribution in [3.8, 4) is 0 Å². The molecule has 166 valence electrons. The van der Waals surface area contributed by atoms with Gasteiger partial charge in [0.25, 0.3) is 0 Å². The molecule has 1 aromatic heterocycles. The fraction of sp³-hybridized carbons (Fsp3) is 0.455. The Hall–Kier alpha value is -2.94. The van der Waals surface area contributed by atoms with E-state index < -0.39 is 0 Å². The number of thiazole rings is 1. The second-order valence-electron chi connectivity index (χ2n) is 7.77. The third-order valence-corrected chi connectivity index (χ3v) is 5.87. The van der Waals surface area contributed by atoms with Gasteiger partial charge in [-0.3, -0.25) is 14.4 Å². The quantitative estimate of drug-likeness (QED) is 0.652. The Morgan fingerprint density at radius 2 is 1.81 bits per heavy atom. The second-order valence-corrected chi connectivity index (χ2v) is 8.63. The zero-order valence-corrected chi connectivity index (χ0v) is 18.8. The molecule has 1 fully saturated rings. The molecule has 8 nitrogen and oxygen atoms in total. The molecule has 0 unspecified atom stereocenters. The van der Waals surface area contributed by atoms with Crippen LogP contribution in [0, 0.1) is 5.92 Å². The number of anilines is 2. The number of hydrogen-bond acceptors (Lipinski definition) is 6. The van der Waals surface area contributed by atoms with E-state index in [0.717, 1.165) is 13.1 Å². The van der Waals surface area contributed by atoms with E-state index in [1.807, 2.05) is 36.9 Å². The molecule has 1 aromatic carbocycles. The van der Waals surface area contributed by atoms with E-state index in [1.165, 1.54) is 17.0 Å². The number of carbonyl (C=O) groups is 3. The van der Waals surface area contributed by atoms with Gasteiger partial charge in [-0.2, -0.15) is 0 Å². The normalized spacial score (nSPS) is 13.9. The maximum Gasteiger partial charge on any atom is 0.228 e. The number of hydrogen-bond donors (Lipinski definition) is 2. The molecule has 1 aliphatic rings. The second kappa shape index (κ2) is 10.9. The van der Waals surface area contributed by atoms with Gasteiger partial charge >= 0.3 is 0 Å². The SMILES string of the molecule is CC(C)C(=O)Nc1nc(CC(=O)NCCC(=O)N2CCN(c3ccccc3)CC2)cs1. The average molecular weight is 444 g/mol. The zero-order chi connectivity index (χ0) is 22.2. The summed E-state index contributed by atoms with van der Waals surface area (Å²) in [5.74, 6) is -0.364. The van der Waals surface area contributed by atoms with Crippen LogP contribution in [-0.2, 0) is 20.8 Å². The molecular formula is C22H29N5O3S. The van der Waals surface area contributed by atoms with Crippen molar-refractivity contribution in [2.24, 2.45) is 5.92 Å². The standard InChI is InChI=1S/C22H29N5O3S/c1-16(2)21(30)25-22-24-17(15-31-22)14-19(28)23-9-8-20(29)27-12-10-26(11-13-27)18-6-4-3-5-7-18/h3-7,15-16H,8-14H2,1-2H3,(H,23,28)(H,24,25,30). The van der Waals surface area contributed by atoms with Crippen LogP contribution < -0.4 is 15.5 Å². The monoisotopic (exact) mass is 443 g/mol. The fourth-order valence-corrected chi connectivity index (χ4v) is 3.96. The number of amides is 3. The summed E-state index contributed by atoms with van der Waals surface area (Å²) in [6.45, 7) is 6.90. The molecule has 1 saturated heterocycles. The molecule has 0 saturated carbocycles. The highest BCUT2D eigenvalue weighted by Gasteiger charge is 2.21. The largest absolute Gasteiger partial charge is 0.368 e. The Kier molecular flexibility index (Phi) is 8.00. The first-order valence-corrected chi connectivity index (χ1v) is 11.4. The maximum absolute atomic E-state index is 12.4. The van der Waals surface area contributed by atoms with Gasteiger partial charge in [-0.1, -0.05) is 32.0 Å². The van der Waals surface area contributed by atoms with Crippen molar-refractivity contribution in [1.29, 1.82) is 0 Å². The Balaban J connectivity index is 1.35.